The molecule has 12 aliphatic carbocycles. The second-order valence-corrected chi connectivity index (χ2v) is 47.8. The van der Waals surface area contributed by atoms with Gasteiger partial charge in [-0.1, -0.05) is 382 Å². The molecule has 0 aliphatic heterocycles. The second-order valence-electron chi connectivity index (χ2n) is 44.4. The van der Waals surface area contributed by atoms with Crippen LogP contribution >= 0.6 is 63.7 Å². The van der Waals surface area contributed by atoms with Gasteiger partial charge < -0.3 is 22.9 Å². The molecule has 0 spiro atoms. The van der Waals surface area contributed by atoms with Crippen LogP contribution in [0.5, 0.6) is 0 Å². The van der Waals surface area contributed by atoms with Gasteiger partial charge in [0.1, 0.15) is 0 Å². The number of hydrogen-bond acceptors (Lipinski definition) is 4. The average Bonchev–Trinajstić information content (AvgIpc) is 1.45. The van der Waals surface area contributed by atoms with E-state index in [9.17, 15) is 0 Å². The van der Waals surface area contributed by atoms with Crippen LogP contribution in [-0.4, -0.2) is 0 Å². The quantitative estimate of drug-likeness (QED) is 0.0453. The molecule has 8 N–H and O–H groups in total. The van der Waals surface area contributed by atoms with Gasteiger partial charge in [-0.3, -0.25) is 0 Å². The molecule has 12 aromatic carbocycles. The van der Waals surface area contributed by atoms with Crippen LogP contribution in [-0.2, 0) is 65.0 Å². The van der Waals surface area contributed by atoms with Crippen LogP contribution in [0.1, 0.15) is 398 Å². The van der Waals surface area contributed by atoms with Crippen LogP contribution in [0, 0.1) is 21.7 Å². The SMILES string of the molecule is CCC[C@@]12c3ccccc3[C@@]3(CCC)c4cc(N)c(Br)cc4[C@@](CCC)(c4ccccc41)[C@@]23C.CCC[C@@]12c3ccccc3[C@@]3(CCC)c4cc(N)c(Br)cc4[C@@](CCC)(c4ccccc41)[C@@]23C.CCC[C@@]12c3ccccc3[C@@]3(CCC)c4cc(N)c(Br)cc4[C@@](CCC)(c4ccccc41)[C@@]23C.CCC[C@@]12c3ccccc3[C@@]3(CCC)c4cc(N)c(Br)cc4[C@@](CCC)(c4ccccc41)[C@@]23C. The van der Waals surface area contributed by atoms with E-state index in [1.807, 2.05) is 0 Å². The third kappa shape index (κ3) is 9.94. The van der Waals surface area contributed by atoms with Crippen molar-refractivity contribution >= 4 is 86.5 Å². The summed E-state index contributed by atoms with van der Waals surface area (Å²) in [5.74, 6) is 0. The number of halogens is 4. The van der Waals surface area contributed by atoms with Crippen molar-refractivity contribution in [2.75, 3.05) is 22.9 Å². The number of hydrogen-bond donors (Lipinski definition) is 4. The maximum Gasteiger partial charge on any atom is 0.0461 e. The molecule has 0 fully saturated rings. The molecule has 4 nitrogen and oxygen atoms in total. The van der Waals surface area contributed by atoms with Gasteiger partial charge in [-0.05, 0) is 323 Å². The van der Waals surface area contributed by atoms with Gasteiger partial charge in [0.05, 0.1) is 0 Å². The van der Waals surface area contributed by atoms with E-state index in [2.05, 4.69) is 417 Å². The molecule has 24 rings (SSSR count). The zero-order chi connectivity index (χ0) is 95.7. The number of benzene rings is 12. The number of fused-ring (bicyclic) bond motifs is 36. The monoisotopic (exact) mass is 2050 g/mol. The average molecular weight is 2060 g/mol. The molecule has 0 saturated carbocycles. The van der Waals surface area contributed by atoms with Crippen molar-refractivity contribution in [1.82, 2.24) is 0 Å². The molecule has 0 amide bonds. The summed E-state index contributed by atoms with van der Waals surface area (Å²) in [6, 6.07) is 94.8. The predicted octanol–water partition coefficient (Wildman–Crippen LogP) is 34.5. The van der Waals surface area contributed by atoms with Gasteiger partial charge in [-0.25, -0.2) is 0 Å². The van der Waals surface area contributed by atoms with Crippen molar-refractivity contribution in [1.29, 1.82) is 0 Å². The lowest BCUT2D eigenvalue weighted by atomic mass is 9.48. The molecule has 16 atom stereocenters. The Bertz CT molecular complexity index is 5670. The zero-order valence-electron chi connectivity index (χ0n) is 83.9. The van der Waals surface area contributed by atoms with Crippen molar-refractivity contribution in [2.45, 2.75) is 330 Å². The topological polar surface area (TPSA) is 104 Å². The van der Waals surface area contributed by atoms with Gasteiger partial charge in [0.25, 0.3) is 0 Å². The molecular formula is C128H144Br4N4. The van der Waals surface area contributed by atoms with Gasteiger partial charge in [0.15, 0.2) is 0 Å². The number of anilines is 4. The summed E-state index contributed by atoms with van der Waals surface area (Å²) >= 11 is 15.4. The minimum Gasteiger partial charge on any atom is -0.398 e. The molecule has 0 radical (unpaired) electrons. The third-order valence-electron chi connectivity index (χ3n) is 40.7. The predicted molar refractivity (Wildman–Crippen MR) is 586 cm³/mol. The molecule has 8 heteroatoms. The second kappa shape index (κ2) is 32.7. The van der Waals surface area contributed by atoms with E-state index >= 15 is 0 Å². The summed E-state index contributed by atoms with van der Waals surface area (Å²) < 4.78 is 4.15. The lowest BCUT2D eigenvalue weighted by Crippen LogP contribution is -2.54. The summed E-state index contributed by atoms with van der Waals surface area (Å²) in [5.41, 5.74) is 66.9. The molecule has 704 valence electrons. The third-order valence-corrected chi connectivity index (χ3v) is 43.5. The van der Waals surface area contributed by atoms with E-state index in [0.29, 0.717) is 0 Å². The summed E-state index contributed by atoms with van der Waals surface area (Å²) in [4.78, 5) is 0. The normalized spacial score (nSPS) is 31.8. The largest absolute Gasteiger partial charge is 0.398 e. The van der Waals surface area contributed by atoms with E-state index in [4.69, 9.17) is 22.9 Å². The van der Waals surface area contributed by atoms with E-state index in [0.717, 1.165) is 143 Å². The van der Waals surface area contributed by atoms with Crippen LogP contribution in [0.3, 0.4) is 0 Å². The Morgan fingerprint density at radius 2 is 0.243 bits per heavy atom. The fraction of sp³-hybridized carbons (Fsp3) is 0.438. The lowest BCUT2D eigenvalue weighted by Gasteiger charge is -2.53. The number of nitrogens with two attached hydrogens (primary N) is 4. The molecular weight excluding hydrogens is 1910 g/mol. The van der Waals surface area contributed by atoms with E-state index in [-0.39, 0.29) is 86.6 Å². The summed E-state index contributed by atoms with van der Waals surface area (Å²) in [6.07, 6.45) is 27.9. The summed E-state index contributed by atoms with van der Waals surface area (Å²) in [7, 11) is 0. The fourth-order valence-electron chi connectivity index (χ4n) is 38.3. The Balaban J connectivity index is 0.000000108. The summed E-state index contributed by atoms with van der Waals surface area (Å²) in [6.45, 7) is 39.2. The fourth-order valence-corrected chi connectivity index (χ4v) is 39.7. The summed E-state index contributed by atoms with van der Waals surface area (Å²) in [5, 5.41) is 0. The highest BCUT2D eigenvalue weighted by molar-refractivity contribution is 9.11. The van der Waals surface area contributed by atoms with Crippen molar-refractivity contribution in [3.05, 3.63) is 394 Å². The highest BCUT2D eigenvalue weighted by Gasteiger charge is 2.88. The van der Waals surface area contributed by atoms with E-state index in [1.165, 1.54) is 95.9 Å². The maximum atomic E-state index is 6.65. The van der Waals surface area contributed by atoms with Crippen LogP contribution in [0.25, 0.3) is 0 Å². The van der Waals surface area contributed by atoms with E-state index < -0.39 is 0 Å². The molecule has 136 heavy (non-hydrogen) atoms. The molecule has 0 saturated heterocycles. The van der Waals surface area contributed by atoms with Crippen LogP contribution in [0.15, 0.2) is 261 Å². The lowest BCUT2D eigenvalue weighted by molar-refractivity contribution is 0.0540. The van der Waals surface area contributed by atoms with Crippen molar-refractivity contribution in [2.24, 2.45) is 21.7 Å². The first-order valence-corrected chi connectivity index (χ1v) is 56.0. The van der Waals surface area contributed by atoms with Gasteiger partial charge in [-0.2, -0.15) is 0 Å². The first kappa shape index (κ1) is 94.0. The van der Waals surface area contributed by atoms with Crippen molar-refractivity contribution in [3.8, 4) is 0 Å². The first-order valence-electron chi connectivity index (χ1n) is 52.9. The maximum absolute atomic E-state index is 6.65. The molecule has 0 unspecified atom stereocenters. The highest BCUT2D eigenvalue weighted by Crippen LogP contribution is 2.91. The Morgan fingerprint density at radius 3 is 0.338 bits per heavy atom. The zero-order valence-corrected chi connectivity index (χ0v) is 90.2. The smallest absolute Gasteiger partial charge is 0.0461 e. The Kier molecular flexibility index (Phi) is 22.6. The minimum atomic E-state index is -0.0497. The van der Waals surface area contributed by atoms with Gasteiger partial charge in [-0.15, -0.1) is 0 Å². The Labute approximate surface area is 847 Å². The molecule has 12 aromatic rings. The Morgan fingerprint density at radius 1 is 0.154 bits per heavy atom. The highest BCUT2D eigenvalue weighted by atomic mass is 79.9. The standard InChI is InChI=1S/4C32H36BrN/c4*1-5-16-30-21-12-8-10-14-23(21)31(17-6-2)25-19-27(33)28(34)20-26(25)32(18-7-3,29(30,31)4)24-15-11-9-13-22(24)30/h4*8-15,19-20H,5-7,16-18,34H2,1-4H3/t4*29-,30+,31-,32+/m1111/s1. The van der Waals surface area contributed by atoms with Crippen molar-refractivity contribution < 1.29 is 0 Å². The molecule has 0 bridgehead atoms. The van der Waals surface area contributed by atoms with Gasteiger partial charge in [0.2, 0.25) is 0 Å². The molecule has 0 heterocycles. The first-order chi connectivity index (χ1) is 65.7. The van der Waals surface area contributed by atoms with Crippen LogP contribution < -0.4 is 22.9 Å². The van der Waals surface area contributed by atoms with Crippen LogP contribution in [0.4, 0.5) is 22.7 Å². The van der Waals surface area contributed by atoms with Crippen molar-refractivity contribution in [3.63, 3.8) is 0 Å². The molecule has 12 aliphatic rings. The van der Waals surface area contributed by atoms with Crippen LogP contribution in [0.2, 0.25) is 0 Å². The van der Waals surface area contributed by atoms with Gasteiger partial charge in [0, 0.05) is 127 Å². The van der Waals surface area contributed by atoms with Gasteiger partial charge >= 0.3 is 0 Å². The number of nitrogen functional groups attached to an aromatic ring is 4. The minimum absolute atomic E-state index is 0.000462. The number of rotatable bonds is 24. The Hall–Kier alpha value is -8.24. The van der Waals surface area contributed by atoms with E-state index in [1.54, 1.807) is 89.0 Å². The molecule has 0 aromatic heterocycles.